The van der Waals surface area contributed by atoms with Crippen molar-refractivity contribution in [3.05, 3.63) is 18.2 Å². The van der Waals surface area contributed by atoms with Crippen molar-refractivity contribution in [2.45, 2.75) is 51.2 Å². The Hall–Kier alpha value is -0.870. The van der Waals surface area contributed by atoms with Crippen LogP contribution in [0.3, 0.4) is 0 Å². The average molecular weight is 248 g/mol. The number of likely N-dealkylation sites (N-methyl/N-ethyl adjacent to an activating group) is 1. The molecule has 1 N–H and O–H groups in total. The fraction of sp³-hybridized carbons (Fsp3) is 0.786. The highest BCUT2D eigenvalue weighted by Crippen LogP contribution is 2.35. The summed E-state index contributed by atoms with van der Waals surface area (Å²) in [6.45, 7) is 6.67. The third kappa shape index (κ3) is 2.93. The van der Waals surface area contributed by atoms with E-state index in [1.165, 1.54) is 44.5 Å². The minimum absolute atomic E-state index is 0.739. The van der Waals surface area contributed by atoms with Gasteiger partial charge in [-0.2, -0.15) is 0 Å². The SMILES string of the molecule is CCN(CCNCc1cncn1C1CC1)C1CC1. The van der Waals surface area contributed by atoms with Gasteiger partial charge in [0.2, 0.25) is 0 Å². The molecule has 0 spiro atoms. The first kappa shape index (κ1) is 12.2. The summed E-state index contributed by atoms with van der Waals surface area (Å²) in [6, 6.07) is 1.62. The molecule has 2 saturated carbocycles. The Morgan fingerprint density at radius 1 is 1.39 bits per heavy atom. The largest absolute Gasteiger partial charge is 0.330 e. The zero-order valence-corrected chi connectivity index (χ0v) is 11.3. The molecule has 0 atom stereocenters. The van der Waals surface area contributed by atoms with Crippen LogP contribution in [0.25, 0.3) is 0 Å². The minimum Gasteiger partial charge on any atom is -0.330 e. The number of rotatable bonds is 8. The molecule has 2 fully saturated rings. The Kier molecular flexibility index (Phi) is 3.66. The zero-order chi connectivity index (χ0) is 12.4. The Bertz CT molecular complexity index is 379. The molecule has 0 saturated heterocycles. The van der Waals surface area contributed by atoms with Gasteiger partial charge in [0.1, 0.15) is 0 Å². The van der Waals surface area contributed by atoms with Crippen molar-refractivity contribution in [3.63, 3.8) is 0 Å². The number of hydrogen-bond acceptors (Lipinski definition) is 3. The van der Waals surface area contributed by atoms with Crippen LogP contribution in [0.5, 0.6) is 0 Å². The molecule has 2 aliphatic carbocycles. The molecule has 0 amide bonds. The molecule has 100 valence electrons. The lowest BCUT2D eigenvalue weighted by Gasteiger charge is -2.19. The summed E-state index contributed by atoms with van der Waals surface area (Å²) in [5, 5.41) is 3.56. The van der Waals surface area contributed by atoms with Crippen molar-refractivity contribution in [3.8, 4) is 0 Å². The molecule has 2 aliphatic rings. The van der Waals surface area contributed by atoms with Gasteiger partial charge in [-0.15, -0.1) is 0 Å². The maximum Gasteiger partial charge on any atom is 0.0951 e. The number of imidazole rings is 1. The summed E-state index contributed by atoms with van der Waals surface area (Å²) in [5.74, 6) is 0. The molecule has 0 aromatic carbocycles. The fourth-order valence-electron chi connectivity index (χ4n) is 2.63. The van der Waals surface area contributed by atoms with Crippen molar-refractivity contribution >= 4 is 0 Å². The van der Waals surface area contributed by atoms with Gasteiger partial charge in [-0.25, -0.2) is 4.98 Å². The van der Waals surface area contributed by atoms with E-state index in [0.717, 1.165) is 25.2 Å². The first-order valence-electron chi connectivity index (χ1n) is 7.34. The predicted molar refractivity (Wildman–Crippen MR) is 72.5 cm³/mol. The topological polar surface area (TPSA) is 33.1 Å². The second-order valence-corrected chi connectivity index (χ2v) is 5.56. The molecule has 3 rings (SSSR count). The van der Waals surface area contributed by atoms with Crippen LogP contribution in [0.15, 0.2) is 12.5 Å². The normalized spacial score (nSPS) is 19.7. The standard InChI is InChI=1S/C14H24N4/c1-2-17(12-3-4-12)8-7-15-9-14-10-16-11-18(14)13-5-6-13/h10-13,15H,2-9H2,1H3. The van der Waals surface area contributed by atoms with Crippen molar-refractivity contribution < 1.29 is 0 Å². The summed E-state index contributed by atoms with van der Waals surface area (Å²) in [7, 11) is 0. The van der Waals surface area contributed by atoms with Crippen LogP contribution in [0, 0.1) is 0 Å². The van der Waals surface area contributed by atoms with E-state index in [2.05, 4.69) is 26.7 Å². The molecule has 1 aromatic heterocycles. The van der Waals surface area contributed by atoms with Gasteiger partial charge in [0.25, 0.3) is 0 Å². The molecule has 0 radical (unpaired) electrons. The van der Waals surface area contributed by atoms with Crippen LogP contribution >= 0.6 is 0 Å². The molecule has 0 unspecified atom stereocenters. The van der Waals surface area contributed by atoms with E-state index in [1.807, 2.05) is 12.5 Å². The van der Waals surface area contributed by atoms with Crippen LogP contribution in [0.1, 0.15) is 44.3 Å². The van der Waals surface area contributed by atoms with Gasteiger partial charge in [0.15, 0.2) is 0 Å². The van der Waals surface area contributed by atoms with Crippen LogP contribution in [0.2, 0.25) is 0 Å². The van der Waals surface area contributed by atoms with E-state index in [9.17, 15) is 0 Å². The molecule has 1 aromatic rings. The van der Waals surface area contributed by atoms with Gasteiger partial charge >= 0.3 is 0 Å². The summed E-state index contributed by atoms with van der Waals surface area (Å²) < 4.78 is 2.34. The van der Waals surface area contributed by atoms with Gasteiger partial charge < -0.3 is 9.88 Å². The predicted octanol–water partition coefficient (Wildman–Crippen LogP) is 1.79. The minimum atomic E-state index is 0.739. The molecule has 18 heavy (non-hydrogen) atoms. The van der Waals surface area contributed by atoms with Gasteiger partial charge in [0.05, 0.1) is 12.0 Å². The van der Waals surface area contributed by atoms with E-state index in [4.69, 9.17) is 0 Å². The van der Waals surface area contributed by atoms with E-state index in [-0.39, 0.29) is 0 Å². The lowest BCUT2D eigenvalue weighted by molar-refractivity contribution is 0.276. The quantitative estimate of drug-likeness (QED) is 0.712. The Morgan fingerprint density at radius 2 is 2.22 bits per heavy atom. The van der Waals surface area contributed by atoms with E-state index < -0.39 is 0 Å². The van der Waals surface area contributed by atoms with Gasteiger partial charge in [-0.1, -0.05) is 6.92 Å². The van der Waals surface area contributed by atoms with Crippen molar-refractivity contribution in [2.24, 2.45) is 0 Å². The van der Waals surface area contributed by atoms with Gasteiger partial charge in [-0.05, 0) is 32.2 Å². The number of hydrogen-bond donors (Lipinski definition) is 1. The van der Waals surface area contributed by atoms with Crippen molar-refractivity contribution in [1.82, 2.24) is 19.8 Å². The second kappa shape index (κ2) is 5.41. The summed E-state index contributed by atoms with van der Waals surface area (Å²) in [6.07, 6.45) is 9.45. The van der Waals surface area contributed by atoms with E-state index in [1.54, 1.807) is 0 Å². The maximum atomic E-state index is 4.26. The third-order valence-corrected chi connectivity index (χ3v) is 4.04. The Balaban J connectivity index is 1.39. The molecule has 4 heteroatoms. The first-order valence-corrected chi connectivity index (χ1v) is 7.34. The lowest BCUT2D eigenvalue weighted by atomic mass is 10.4. The summed E-state index contributed by atoms with van der Waals surface area (Å²) in [4.78, 5) is 6.85. The van der Waals surface area contributed by atoms with Crippen LogP contribution < -0.4 is 5.32 Å². The van der Waals surface area contributed by atoms with Crippen LogP contribution in [0.4, 0.5) is 0 Å². The Morgan fingerprint density at radius 3 is 2.89 bits per heavy atom. The highest BCUT2D eigenvalue weighted by molar-refractivity contribution is 5.03. The molecule has 4 nitrogen and oxygen atoms in total. The third-order valence-electron chi connectivity index (χ3n) is 4.04. The highest BCUT2D eigenvalue weighted by atomic mass is 15.2. The summed E-state index contributed by atoms with van der Waals surface area (Å²) in [5.41, 5.74) is 1.34. The number of nitrogens with one attached hydrogen (secondary N) is 1. The summed E-state index contributed by atoms with van der Waals surface area (Å²) >= 11 is 0. The van der Waals surface area contributed by atoms with E-state index in [0.29, 0.717) is 0 Å². The Labute approximate surface area is 109 Å². The second-order valence-electron chi connectivity index (χ2n) is 5.56. The number of aromatic nitrogens is 2. The van der Waals surface area contributed by atoms with Gasteiger partial charge in [-0.3, -0.25) is 4.90 Å². The van der Waals surface area contributed by atoms with Crippen molar-refractivity contribution in [2.75, 3.05) is 19.6 Å². The average Bonchev–Trinajstić information content (AvgIpc) is 3.29. The smallest absolute Gasteiger partial charge is 0.0951 e. The maximum absolute atomic E-state index is 4.26. The van der Waals surface area contributed by atoms with Crippen molar-refractivity contribution in [1.29, 1.82) is 0 Å². The van der Waals surface area contributed by atoms with Crippen LogP contribution in [-0.2, 0) is 6.54 Å². The number of nitrogens with zero attached hydrogens (tertiary/aromatic N) is 3. The lowest BCUT2D eigenvalue weighted by Crippen LogP contribution is -2.33. The molecular formula is C14H24N4. The van der Waals surface area contributed by atoms with E-state index >= 15 is 0 Å². The zero-order valence-electron chi connectivity index (χ0n) is 11.3. The van der Waals surface area contributed by atoms with Crippen LogP contribution in [-0.4, -0.2) is 40.1 Å². The highest BCUT2D eigenvalue weighted by Gasteiger charge is 2.27. The first-order chi connectivity index (χ1) is 8.88. The molecule has 1 heterocycles. The molecular weight excluding hydrogens is 224 g/mol. The molecule has 0 aliphatic heterocycles. The van der Waals surface area contributed by atoms with Gasteiger partial charge in [0, 0.05) is 37.9 Å². The monoisotopic (exact) mass is 248 g/mol. The molecule has 0 bridgehead atoms. The fourth-order valence-corrected chi connectivity index (χ4v) is 2.63.